The van der Waals surface area contributed by atoms with Crippen molar-refractivity contribution in [2.45, 2.75) is 19.8 Å². The van der Waals surface area contributed by atoms with Crippen molar-refractivity contribution in [3.05, 3.63) is 23.8 Å². The first-order chi connectivity index (χ1) is 6.58. The lowest BCUT2D eigenvalue weighted by Crippen LogP contribution is -2.06. The summed E-state index contributed by atoms with van der Waals surface area (Å²) >= 11 is 0. The molecule has 0 aromatic heterocycles. The van der Waals surface area contributed by atoms with E-state index in [9.17, 15) is 8.78 Å². The van der Waals surface area contributed by atoms with Crippen LogP contribution in [-0.4, -0.2) is 13.0 Å². The van der Waals surface area contributed by atoms with E-state index in [0.29, 0.717) is 5.69 Å². The Morgan fingerprint density at radius 1 is 1.36 bits per heavy atom. The molecule has 3 N–H and O–H groups in total. The fourth-order valence-electron chi connectivity index (χ4n) is 1.24. The Bertz CT molecular complexity index is 280. The molecular formula is C10H14F2N2. The highest BCUT2D eigenvalue weighted by Gasteiger charge is 2.01. The second-order valence-corrected chi connectivity index (χ2v) is 3.24. The SMILES string of the molecule is Cc1cc(N)cc(NCCC(F)F)c1. The summed E-state index contributed by atoms with van der Waals surface area (Å²) in [6.07, 6.45) is -2.40. The highest BCUT2D eigenvalue weighted by Crippen LogP contribution is 2.15. The van der Waals surface area contributed by atoms with Crippen molar-refractivity contribution in [3.8, 4) is 0 Å². The first kappa shape index (κ1) is 10.8. The van der Waals surface area contributed by atoms with Gasteiger partial charge in [0, 0.05) is 24.3 Å². The van der Waals surface area contributed by atoms with E-state index in [0.717, 1.165) is 11.3 Å². The lowest BCUT2D eigenvalue weighted by molar-refractivity contribution is 0.142. The minimum absolute atomic E-state index is 0.145. The number of anilines is 2. The Morgan fingerprint density at radius 2 is 2.07 bits per heavy atom. The minimum Gasteiger partial charge on any atom is -0.399 e. The van der Waals surface area contributed by atoms with Crippen LogP contribution in [0.4, 0.5) is 20.2 Å². The molecule has 0 fully saturated rings. The molecule has 0 atom stereocenters. The van der Waals surface area contributed by atoms with E-state index in [-0.39, 0.29) is 13.0 Å². The number of nitrogen functional groups attached to an aromatic ring is 1. The molecule has 14 heavy (non-hydrogen) atoms. The minimum atomic E-state index is -2.26. The Morgan fingerprint density at radius 3 is 2.64 bits per heavy atom. The zero-order valence-electron chi connectivity index (χ0n) is 8.06. The maximum Gasteiger partial charge on any atom is 0.240 e. The van der Waals surface area contributed by atoms with Crippen LogP contribution in [0, 0.1) is 6.92 Å². The van der Waals surface area contributed by atoms with Crippen LogP contribution in [0.1, 0.15) is 12.0 Å². The molecule has 0 saturated carbocycles. The van der Waals surface area contributed by atoms with Crippen molar-refractivity contribution >= 4 is 11.4 Å². The van der Waals surface area contributed by atoms with Crippen molar-refractivity contribution in [1.29, 1.82) is 0 Å². The average molecular weight is 200 g/mol. The molecule has 78 valence electrons. The normalized spacial score (nSPS) is 10.6. The van der Waals surface area contributed by atoms with Gasteiger partial charge in [-0.2, -0.15) is 0 Å². The van der Waals surface area contributed by atoms with Gasteiger partial charge in [0.2, 0.25) is 6.43 Å². The molecule has 0 heterocycles. The molecule has 0 unspecified atom stereocenters. The van der Waals surface area contributed by atoms with Crippen molar-refractivity contribution < 1.29 is 8.78 Å². The zero-order valence-corrected chi connectivity index (χ0v) is 8.06. The van der Waals surface area contributed by atoms with Gasteiger partial charge < -0.3 is 11.1 Å². The van der Waals surface area contributed by atoms with Crippen LogP contribution < -0.4 is 11.1 Å². The summed E-state index contributed by atoms with van der Waals surface area (Å²) in [5.74, 6) is 0. The Hall–Kier alpha value is -1.32. The molecule has 1 rings (SSSR count). The van der Waals surface area contributed by atoms with Gasteiger partial charge in [-0.1, -0.05) is 0 Å². The maximum atomic E-state index is 11.8. The van der Waals surface area contributed by atoms with Gasteiger partial charge in [-0.25, -0.2) is 8.78 Å². The zero-order chi connectivity index (χ0) is 10.6. The fourth-order valence-corrected chi connectivity index (χ4v) is 1.24. The summed E-state index contributed by atoms with van der Waals surface area (Å²) in [6.45, 7) is 2.18. The number of hydrogen-bond acceptors (Lipinski definition) is 2. The molecular weight excluding hydrogens is 186 g/mol. The number of rotatable bonds is 4. The topological polar surface area (TPSA) is 38.0 Å². The number of halogens is 2. The van der Waals surface area contributed by atoms with Gasteiger partial charge in [0.1, 0.15) is 0 Å². The van der Waals surface area contributed by atoms with Gasteiger partial charge in [-0.15, -0.1) is 0 Å². The van der Waals surface area contributed by atoms with Crippen molar-refractivity contribution in [3.63, 3.8) is 0 Å². The average Bonchev–Trinajstić information content (AvgIpc) is 2.01. The van der Waals surface area contributed by atoms with E-state index in [1.54, 1.807) is 6.07 Å². The molecule has 0 saturated heterocycles. The van der Waals surface area contributed by atoms with Crippen LogP contribution in [0.3, 0.4) is 0 Å². The summed E-state index contributed by atoms with van der Waals surface area (Å²) in [4.78, 5) is 0. The van der Waals surface area contributed by atoms with E-state index in [4.69, 9.17) is 5.73 Å². The Kier molecular flexibility index (Phi) is 3.68. The van der Waals surface area contributed by atoms with Gasteiger partial charge in [-0.05, 0) is 30.7 Å². The van der Waals surface area contributed by atoms with E-state index in [1.807, 2.05) is 19.1 Å². The van der Waals surface area contributed by atoms with Gasteiger partial charge >= 0.3 is 0 Å². The first-order valence-corrected chi connectivity index (χ1v) is 4.47. The molecule has 0 spiro atoms. The van der Waals surface area contributed by atoms with Crippen LogP contribution in [-0.2, 0) is 0 Å². The Labute approximate surface area is 82.1 Å². The van der Waals surface area contributed by atoms with Gasteiger partial charge in [0.05, 0.1) is 0 Å². The number of alkyl halides is 2. The quantitative estimate of drug-likeness (QED) is 0.733. The van der Waals surface area contributed by atoms with Crippen LogP contribution in [0.25, 0.3) is 0 Å². The van der Waals surface area contributed by atoms with Crippen molar-refractivity contribution in [2.75, 3.05) is 17.6 Å². The van der Waals surface area contributed by atoms with Gasteiger partial charge in [-0.3, -0.25) is 0 Å². The lowest BCUT2D eigenvalue weighted by Gasteiger charge is -2.07. The van der Waals surface area contributed by atoms with Crippen LogP contribution >= 0.6 is 0 Å². The largest absolute Gasteiger partial charge is 0.399 e. The number of aryl methyl sites for hydroxylation is 1. The third-order valence-electron chi connectivity index (χ3n) is 1.79. The van der Waals surface area contributed by atoms with Crippen LogP contribution in [0.15, 0.2) is 18.2 Å². The molecule has 0 aliphatic heterocycles. The predicted molar refractivity (Wildman–Crippen MR) is 54.7 cm³/mol. The van der Waals surface area contributed by atoms with Gasteiger partial charge in [0.25, 0.3) is 0 Å². The third kappa shape index (κ3) is 3.60. The highest BCUT2D eigenvalue weighted by molar-refractivity contribution is 5.56. The van der Waals surface area contributed by atoms with Crippen molar-refractivity contribution in [2.24, 2.45) is 0 Å². The summed E-state index contributed by atoms with van der Waals surface area (Å²) < 4.78 is 23.7. The standard InChI is InChI=1S/C10H14F2N2/c1-7-4-8(13)6-9(5-7)14-3-2-10(11)12/h4-6,10,14H,2-3,13H2,1H3. The predicted octanol–water partition coefficient (Wildman–Crippen LogP) is 2.64. The lowest BCUT2D eigenvalue weighted by atomic mass is 10.2. The maximum absolute atomic E-state index is 11.8. The highest BCUT2D eigenvalue weighted by atomic mass is 19.3. The van der Waals surface area contributed by atoms with E-state index in [1.165, 1.54) is 0 Å². The molecule has 1 aromatic carbocycles. The van der Waals surface area contributed by atoms with E-state index in [2.05, 4.69) is 5.32 Å². The molecule has 2 nitrogen and oxygen atoms in total. The third-order valence-corrected chi connectivity index (χ3v) is 1.79. The summed E-state index contributed by atoms with van der Waals surface area (Å²) in [6, 6.07) is 5.44. The van der Waals surface area contributed by atoms with Crippen LogP contribution in [0.5, 0.6) is 0 Å². The molecule has 4 heteroatoms. The van der Waals surface area contributed by atoms with Crippen LogP contribution in [0.2, 0.25) is 0 Å². The molecule has 0 aliphatic rings. The number of hydrogen-bond donors (Lipinski definition) is 2. The second kappa shape index (κ2) is 4.79. The first-order valence-electron chi connectivity index (χ1n) is 4.47. The fraction of sp³-hybridized carbons (Fsp3) is 0.400. The Balaban J connectivity index is 2.50. The summed E-state index contributed by atoms with van der Waals surface area (Å²) in [5, 5.41) is 2.90. The number of benzene rings is 1. The molecule has 0 bridgehead atoms. The summed E-state index contributed by atoms with van der Waals surface area (Å²) in [7, 11) is 0. The second-order valence-electron chi connectivity index (χ2n) is 3.24. The molecule has 0 radical (unpaired) electrons. The summed E-state index contributed by atoms with van der Waals surface area (Å²) in [5.41, 5.74) is 8.06. The van der Waals surface area contributed by atoms with Crippen molar-refractivity contribution in [1.82, 2.24) is 0 Å². The van der Waals surface area contributed by atoms with E-state index >= 15 is 0 Å². The molecule has 1 aromatic rings. The molecule has 0 amide bonds. The van der Waals surface area contributed by atoms with E-state index < -0.39 is 6.43 Å². The molecule has 0 aliphatic carbocycles. The monoisotopic (exact) mass is 200 g/mol. The smallest absolute Gasteiger partial charge is 0.240 e. The number of nitrogens with one attached hydrogen (secondary N) is 1. The van der Waals surface area contributed by atoms with Gasteiger partial charge in [0.15, 0.2) is 0 Å². The number of nitrogens with two attached hydrogens (primary N) is 1.